The van der Waals surface area contributed by atoms with E-state index < -0.39 is 12.1 Å². The van der Waals surface area contributed by atoms with Gasteiger partial charge in [0.1, 0.15) is 6.10 Å². The van der Waals surface area contributed by atoms with Gasteiger partial charge in [0.2, 0.25) is 0 Å². The maximum absolute atomic E-state index is 11.7. The van der Waals surface area contributed by atoms with Crippen molar-refractivity contribution in [3.63, 3.8) is 0 Å². The van der Waals surface area contributed by atoms with Crippen LogP contribution in [0.1, 0.15) is 15.9 Å². The lowest BCUT2D eigenvalue weighted by molar-refractivity contribution is 0.00902. The molecule has 5 nitrogen and oxygen atoms in total. The number of benzene rings is 1. The minimum atomic E-state index is -0.518. The third kappa shape index (κ3) is 1.93. The zero-order valence-corrected chi connectivity index (χ0v) is 9.73. The fraction of sp³-hybridized carbons (Fsp3) is 0.417. The van der Waals surface area contributed by atoms with E-state index in [1.54, 1.807) is 12.1 Å². The Bertz CT molecular complexity index is 441. The average Bonchev–Trinajstić information content (AvgIpc) is 2.36. The molecular weight excluding hydrogens is 224 g/mol. The number of cyclic esters (lactones) is 1. The molecule has 1 aromatic rings. The molecule has 1 aromatic carbocycles. The molecule has 0 spiro atoms. The SMILES string of the molecule is COc1ccc2c(c1OC)C[C@@H](CO)OC2=O. The largest absolute Gasteiger partial charge is 0.493 e. The molecule has 0 aromatic heterocycles. The van der Waals surface area contributed by atoms with Crippen LogP contribution in [0.3, 0.4) is 0 Å². The maximum atomic E-state index is 11.7. The predicted molar refractivity (Wildman–Crippen MR) is 59.5 cm³/mol. The van der Waals surface area contributed by atoms with Gasteiger partial charge in [-0.15, -0.1) is 0 Å². The first-order chi connectivity index (χ1) is 8.21. The van der Waals surface area contributed by atoms with Gasteiger partial charge in [0.15, 0.2) is 11.5 Å². The minimum Gasteiger partial charge on any atom is -0.493 e. The molecule has 5 heteroatoms. The van der Waals surface area contributed by atoms with Crippen molar-refractivity contribution in [3.8, 4) is 11.5 Å². The third-order valence-corrected chi connectivity index (χ3v) is 2.78. The number of aliphatic hydroxyl groups excluding tert-OH is 1. The Kier molecular flexibility index (Phi) is 3.19. The third-order valence-electron chi connectivity index (χ3n) is 2.78. The molecule has 17 heavy (non-hydrogen) atoms. The number of carbonyl (C=O) groups excluding carboxylic acids is 1. The molecule has 0 aliphatic carbocycles. The highest BCUT2D eigenvalue weighted by atomic mass is 16.6. The van der Waals surface area contributed by atoms with Crippen molar-refractivity contribution in [1.82, 2.24) is 0 Å². The quantitative estimate of drug-likeness (QED) is 0.788. The van der Waals surface area contributed by atoms with E-state index in [0.717, 1.165) is 5.56 Å². The Balaban J connectivity index is 2.52. The van der Waals surface area contributed by atoms with Gasteiger partial charge in [-0.3, -0.25) is 0 Å². The fourth-order valence-electron chi connectivity index (χ4n) is 1.97. The predicted octanol–water partition coefficient (Wildman–Crippen LogP) is 0.778. The number of ether oxygens (including phenoxy) is 3. The Hall–Kier alpha value is -1.75. The van der Waals surface area contributed by atoms with Crippen molar-refractivity contribution in [2.45, 2.75) is 12.5 Å². The highest BCUT2D eigenvalue weighted by molar-refractivity contribution is 5.93. The van der Waals surface area contributed by atoms with Gasteiger partial charge in [0.05, 0.1) is 26.4 Å². The zero-order chi connectivity index (χ0) is 12.4. The molecule has 2 rings (SSSR count). The van der Waals surface area contributed by atoms with E-state index in [2.05, 4.69) is 0 Å². The van der Waals surface area contributed by atoms with E-state index in [0.29, 0.717) is 23.5 Å². The van der Waals surface area contributed by atoms with Crippen molar-refractivity contribution in [1.29, 1.82) is 0 Å². The van der Waals surface area contributed by atoms with Crippen molar-refractivity contribution >= 4 is 5.97 Å². The number of hydrogen-bond donors (Lipinski definition) is 1. The van der Waals surface area contributed by atoms with Crippen LogP contribution < -0.4 is 9.47 Å². The van der Waals surface area contributed by atoms with Gasteiger partial charge < -0.3 is 19.3 Å². The Morgan fingerprint density at radius 2 is 2.18 bits per heavy atom. The summed E-state index contributed by atoms with van der Waals surface area (Å²) in [7, 11) is 3.06. The molecule has 1 heterocycles. The molecule has 92 valence electrons. The molecule has 1 aliphatic heterocycles. The second-order valence-corrected chi connectivity index (χ2v) is 3.74. The van der Waals surface area contributed by atoms with Gasteiger partial charge in [0.25, 0.3) is 0 Å². The summed E-state index contributed by atoms with van der Waals surface area (Å²) in [5, 5.41) is 9.08. The van der Waals surface area contributed by atoms with E-state index in [9.17, 15) is 4.79 Å². The highest BCUT2D eigenvalue weighted by Crippen LogP contribution is 2.36. The van der Waals surface area contributed by atoms with Gasteiger partial charge in [-0.1, -0.05) is 0 Å². The second-order valence-electron chi connectivity index (χ2n) is 3.74. The first kappa shape index (κ1) is 11.7. The van der Waals surface area contributed by atoms with Crippen molar-refractivity contribution in [2.24, 2.45) is 0 Å². The first-order valence-corrected chi connectivity index (χ1v) is 5.27. The van der Waals surface area contributed by atoms with Crippen LogP contribution in [0, 0.1) is 0 Å². The van der Waals surface area contributed by atoms with E-state index in [1.807, 2.05) is 0 Å². The summed E-state index contributed by atoms with van der Waals surface area (Å²) in [5.41, 5.74) is 1.19. The number of aliphatic hydroxyl groups is 1. The molecular formula is C12H14O5. The number of esters is 1. The van der Waals surface area contributed by atoms with Crippen LogP contribution in [0.4, 0.5) is 0 Å². The van der Waals surface area contributed by atoms with Gasteiger partial charge in [-0.05, 0) is 12.1 Å². The summed E-state index contributed by atoms with van der Waals surface area (Å²) >= 11 is 0. The molecule has 1 aliphatic rings. The Morgan fingerprint density at radius 1 is 1.41 bits per heavy atom. The van der Waals surface area contributed by atoms with E-state index >= 15 is 0 Å². The summed E-state index contributed by atoms with van der Waals surface area (Å²) in [6.45, 7) is -0.203. The van der Waals surface area contributed by atoms with Crippen LogP contribution in [-0.4, -0.2) is 38.0 Å². The fourth-order valence-corrected chi connectivity index (χ4v) is 1.97. The lowest BCUT2D eigenvalue weighted by Crippen LogP contribution is -2.30. The van der Waals surface area contributed by atoms with Crippen molar-refractivity contribution in [2.75, 3.05) is 20.8 Å². The van der Waals surface area contributed by atoms with Gasteiger partial charge in [-0.25, -0.2) is 4.79 Å². The lowest BCUT2D eigenvalue weighted by Gasteiger charge is -2.25. The van der Waals surface area contributed by atoms with Crippen molar-refractivity contribution in [3.05, 3.63) is 23.3 Å². The number of methoxy groups -OCH3 is 2. The molecule has 0 unspecified atom stereocenters. The highest BCUT2D eigenvalue weighted by Gasteiger charge is 2.29. The Labute approximate surface area is 98.9 Å². The molecule has 0 fully saturated rings. The smallest absolute Gasteiger partial charge is 0.338 e. The van der Waals surface area contributed by atoms with Crippen molar-refractivity contribution < 1.29 is 24.1 Å². The second kappa shape index (κ2) is 4.63. The zero-order valence-electron chi connectivity index (χ0n) is 9.73. The number of rotatable bonds is 3. The van der Waals surface area contributed by atoms with E-state index in [1.165, 1.54) is 14.2 Å². The summed E-state index contributed by atoms with van der Waals surface area (Å²) in [6, 6.07) is 3.31. The molecule has 1 atom stereocenters. The summed E-state index contributed by atoms with van der Waals surface area (Å²) in [4.78, 5) is 11.7. The van der Waals surface area contributed by atoms with Crippen LogP contribution in [0.5, 0.6) is 11.5 Å². The molecule has 0 amide bonds. The number of carbonyl (C=O) groups is 1. The normalized spacial score (nSPS) is 18.3. The Morgan fingerprint density at radius 3 is 2.76 bits per heavy atom. The van der Waals surface area contributed by atoms with Gasteiger partial charge in [0, 0.05) is 12.0 Å². The first-order valence-electron chi connectivity index (χ1n) is 5.27. The molecule has 0 saturated carbocycles. The van der Waals surface area contributed by atoms with Gasteiger partial charge >= 0.3 is 5.97 Å². The van der Waals surface area contributed by atoms with Gasteiger partial charge in [-0.2, -0.15) is 0 Å². The van der Waals surface area contributed by atoms with Crippen LogP contribution >= 0.6 is 0 Å². The minimum absolute atomic E-state index is 0.203. The summed E-state index contributed by atoms with van der Waals surface area (Å²) in [5.74, 6) is 0.656. The number of hydrogen-bond acceptors (Lipinski definition) is 5. The van der Waals surface area contributed by atoms with Crippen LogP contribution in [0.25, 0.3) is 0 Å². The average molecular weight is 238 g/mol. The summed E-state index contributed by atoms with van der Waals surface area (Å²) in [6.07, 6.45) is -0.0891. The van der Waals surface area contributed by atoms with E-state index in [4.69, 9.17) is 19.3 Å². The van der Waals surface area contributed by atoms with Crippen LogP contribution in [-0.2, 0) is 11.2 Å². The molecule has 0 bridgehead atoms. The lowest BCUT2D eigenvalue weighted by atomic mass is 9.97. The van der Waals surface area contributed by atoms with Crippen LogP contribution in [0.2, 0.25) is 0 Å². The monoisotopic (exact) mass is 238 g/mol. The molecule has 0 saturated heterocycles. The topological polar surface area (TPSA) is 65.0 Å². The number of fused-ring (bicyclic) bond motifs is 1. The summed E-state index contributed by atoms with van der Waals surface area (Å²) < 4.78 is 15.5. The maximum Gasteiger partial charge on any atom is 0.338 e. The molecule has 1 N–H and O–H groups in total. The van der Waals surface area contributed by atoms with E-state index in [-0.39, 0.29) is 6.61 Å². The molecule has 0 radical (unpaired) electrons. The standard InChI is InChI=1S/C12H14O5/c1-15-10-4-3-8-9(11(10)16-2)5-7(6-13)17-12(8)14/h3-4,7,13H,5-6H2,1-2H3/t7-/m0/s1. The van der Waals surface area contributed by atoms with Crippen LogP contribution in [0.15, 0.2) is 12.1 Å².